The molecule has 138 valence electrons. The number of benzene rings is 1. The molecular formula is C18H18N6O2S. The number of hydrogen-bond donors (Lipinski definition) is 3. The van der Waals surface area contributed by atoms with Crippen molar-refractivity contribution in [2.75, 3.05) is 10.6 Å². The fourth-order valence-corrected chi connectivity index (χ4v) is 2.96. The molecular weight excluding hydrogens is 364 g/mol. The van der Waals surface area contributed by atoms with Crippen LogP contribution in [0.2, 0.25) is 0 Å². The molecule has 0 unspecified atom stereocenters. The van der Waals surface area contributed by atoms with Crippen LogP contribution < -0.4 is 10.6 Å². The third kappa shape index (κ3) is 5.14. The van der Waals surface area contributed by atoms with Gasteiger partial charge in [-0.05, 0) is 43.3 Å². The summed E-state index contributed by atoms with van der Waals surface area (Å²) in [6.45, 7) is 3.23. The van der Waals surface area contributed by atoms with E-state index in [-0.39, 0.29) is 17.1 Å². The second kappa shape index (κ2) is 8.45. The minimum Gasteiger partial charge on any atom is -0.326 e. The van der Waals surface area contributed by atoms with Crippen molar-refractivity contribution in [3.05, 3.63) is 48.8 Å². The number of rotatable bonds is 6. The SMILES string of the molecule is CC(=O)Nc1ccc(NC(=O)[C@H](C)Sc2n[nH]c(-c3ccncc3)n2)cc1. The van der Waals surface area contributed by atoms with Crippen molar-refractivity contribution in [2.45, 2.75) is 24.3 Å². The second-order valence-electron chi connectivity index (χ2n) is 5.71. The van der Waals surface area contributed by atoms with Crippen LogP contribution in [0, 0.1) is 0 Å². The van der Waals surface area contributed by atoms with E-state index in [1.54, 1.807) is 43.6 Å². The van der Waals surface area contributed by atoms with E-state index in [2.05, 4.69) is 30.8 Å². The summed E-state index contributed by atoms with van der Waals surface area (Å²) >= 11 is 1.26. The van der Waals surface area contributed by atoms with Crippen LogP contribution in [0.5, 0.6) is 0 Å². The van der Waals surface area contributed by atoms with Gasteiger partial charge < -0.3 is 10.6 Å². The molecule has 1 atom stereocenters. The molecule has 3 aromatic rings. The fourth-order valence-electron chi connectivity index (χ4n) is 2.23. The molecule has 2 aromatic heterocycles. The van der Waals surface area contributed by atoms with Crippen molar-refractivity contribution in [3.8, 4) is 11.4 Å². The summed E-state index contributed by atoms with van der Waals surface area (Å²) in [4.78, 5) is 31.8. The predicted molar refractivity (Wildman–Crippen MR) is 104 cm³/mol. The van der Waals surface area contributed by atoms with Gasteiger partial charge in [-0.25, -0.2) is 4.98 Å². The number of carbonyl (C=O) groups is 2. The zero-order valence-corrected chi connectivity index (χ0v) is 15.6. The Balaban J connectivity index is 1.58. The number of nitrogens with one attached hydrogen (secondary N) is 3. The molecule has 1 aromatic carbocycles. The summed E-state index contributed by atoms with van der Waals surface area (Å²) < 4.78 is 0. The molecule has 0 saturated carbocycles. The molecule has 2 amide bonds. The van der Waals surface area contributed by atoms with E-state index in [0.29, 0.717) is 22.4 Å². The monoisotopic (exact) mass is 382 g/mol. The molecule has 3 N–H and O–H groups in total. The number of hydrogen-bond acceptors (Lipinski definition) is 6. The van der Waals surface area contributed by atoms with Gasteiger partial charge >= 0.3 is 0 Å². The van der Waals surface area contributed by atoms with Crippen LogP contribution in [0.3, 0.4) is 0 Å². The van der Waals surface area contributed by atoms with Crippen LogP contribution in [0.1, 0.15) is 13.8 Å². The van der Waals surface area contributed by atoms with Gasteiger partial charge in [0.05, 0.1) is 5.25 Å². The number of carbonyl (C=O) groups excluding carboxylic acids is 2. The van der Waals surface area contributed by atoms with E-state index in [1.165, 1.54) is 18.7 Å². The number of anilines is 2. The van der Waals surface area contributed by atoms with Crippen LogP contribution in [0.25, 0.3) is 11.4 Å². The largest absolute Gasteiger partial charge is 0.326 e. The summed E-state index contributed by atoms with van der Waals surface area (Å²) in [6, 6.07) is 10.6. The fraction of sp³-hybridized carbons (Fsp3) is 0.167. The molecule has 27 heavy (non-hydrogen) atoms. The van der Waals surface area contributed by atoms with Crippen molar-refractivity contribution >= 4 is 35.0 Å². The van der Waals surface area contributed by atoms with Crippen LogP contribution in [-0.2, 0) is 9.59 Å². The first kappa shape index (κ1) is 18.6. The summed E-state index contributed by atoms with van der Waals surface area (Å²) in [7, 11) is 0. The van der Waals surface area contributed by atoms with Gasteiger partial charge in [-0.15, -0.1) is 5.10 Å². The minimum atomic E-state index is -0.388. The Morgan fingerprint density at radius 3 is 2.30 bits per heavy atom. The smallest absolute Gasteiger partial charge is 0.237 e. The van der Waals surface area contributed by atoms with Crippen molar-refractivity contribution in [3.63, 3.8) is 0 Å². The molecule has 0 aliphatic carbocycles. The van der Waals surface area contributed by atoms with Gasteiger partial charge in [-0.3, -0.25) is 19.7 Å². The lowest BCUT2D eigenvalue weighted by Crippen LogP contribution is -2.22. The van der Waals surface area contributed by atoms with E-state index in [1.807, 2.05) is 12.1 Å². The Hall–Kier alpha value is -3.20. The third-order valence-electron chi connectivity index (χ3n) is 3.54. The number of aromatic nitrogens is 4. The standard InChI is InChI=1S/C18H18N6O2S/c1-11(17(26)21-15-5-3-14(4-6-15)20-12(2)25)27-18-22-16(23-24-18)13-7-9-19-10-8-13/h3-11H,1-2H3,(H,20,25)(H,21,26)(H,22,23,24)/t11-/m0/s1. The number of nitrogens with zero attached hydrogens (tertiary/aromatic N) is 3. The highest BCUT2D eigenvalue weighted by Crippen LogP contribution is 2.23. The van der Waals surface area contributed by atoms with E-state index in [4.69, 9.17) is 0 Å². The Morgan fingerprint density at radius 1 is 1.04 bits per heavy atom. The molecule has 2 heterocycles. The van der Waals surface area contributed by atoms with E-state index in [0.717, 1.165) is 5.56 Å². The lowest BCUT2D eigenvalue weighted by Gasteiger charge is -2.10. The first-order valence-corrected chi connectivity index (χ1v) is 9.07. The first-order chi connectivity index (χ1) is 13.0. The van der Waals surface area contributed by atoms with Gasteiger partial charge in [0.25, 0.3) is 0 Å². The summed E-state index contributed by atoms with van der Waals surface area (Å²) in [5.74, 6) is 0.318. The zero-order chi connectivity index (χ0) is 19.2. The lowest BCUT2D eigenvalue weighted by molar-refractivity contribution is -0.115. The van der Waals surface area contributed by atoms with Crippen LogP contribution in [-0.4, -0.2) is 37.2 Å². The lowest BCUT2D eigenvalue weighted by atomic mass is 10.2. The summed E-state index contributed by atoms with van der Waals surface area (Å²) in [6.07, 6.45) is 3.36. The second-order valence-corrected chi connectivity index (χ2v) is 7.02. The van der Waals surface area contributed by atoms with Crippen molar-refractivity contribution < 1.29 is 9.59 Å². The van der Waals surface area contributed by atoms with Crippen molar-refractivity contribution in [2.24, 2.45) is 0 Å². The third-order valence-corrected chi connectivity index (χ3v) is 4.50. The van der Waals surface area contributed by atoms with Gasteiger partial charge in [-0.1, -0.05) is 11.8 Å². The van der Waals surface area contributed by atoms with Crippen molar-refractivity contribution in [1.82, 2.24) is 20.2 Å². The average molecular weight is 382 g/mol. The van der Waals surface area contributed by atoms with Crippen LogP contribution >= 0.6 is 11.8 Å². The molecule has 0 radical (unpaired) electrons. The first-order valence-electron chi connectivity index (χ1n) is 8.19. The quantitative estimate of drug-likeness (QED) is 0.565. The van der Waals surface area contributed by atoms with Crippen molar-refractivity contribution in [1.29, 1.82) is 0 Å². The maximum absolute atomic E-state index is 12.4. The molecule has 9 heteroatoms. The van der Waals surface area contributed by atoms with Gasteiger partial charge in [0, 0.05) is 36.3 Å². The Kier molecular flexibility index (Phi) is 5.82. The van der Waals surface area contributed by atoms with E-state index >= 15 is 0 Å². The number of H-pyrrole nitrogens is 1. The molecule has 3 rings (SSSR count). The minimum absolute atomic E-state index is 0.144. The molecule has 0 aliphatic rings. The topological polar surface area (TPSA) is 113 Å². The molecule has 0 fully saturated rings. The molecule has 0 saturated heterocycles. The van der Waals surface area contributed by atoms with Crippen LogP contribution in [0.4, 0.5) is 11.4 Å². The average Bonchev–Trinajstić information content (AvgIpc) is 3.12. The van der Waals surface area contributed by atoms with Gasteiger partial charge in [0.15, 0.2) is 5.82 Å². The zero-order valence-electron chi connectivity index (χ0n) is 14.8. The van der Waals surface area contributed by atoms with Gasteiger partial charge in [0.2, 0.25) is 17.0 Å². The van der Waals surface area contributed by atoms with Crippen LogP contribution in [0.15, 0.2) is 53.9 Å². The number of pyridine rings is 1. The number of thioether (sulfide) groups is 1. The highest BCUT2D eigenvalue weighted by molar-refractivity contribution is 8.00. The predicted octanol–water partition coefficient (Wildman–Crippen LogP) is 2.94. The highest BCUT2D eigenvalue weighted by Gasteiger charge is 2.17. The normalized spacial score (nSPS) is 11.6. The van der Waals surface area contributed by atoms with Gasteiger partial charge in [-0.2, -0.15) is 0 Å². The maximum Gasteiger partial charge on any atom is 0.237 e. The Morgan fingerprint density at radius 2 is 1.67 bits per heavy atom. The molecule has 0 aliphatic heterocycles. The molecule has 0 spiro atoms. The van der Waals surface area contributed by atoms with Gasteiger partial charge in [0.1, 0.15) is 0 Å². The highest BCUT2D eigenvalue weighted by atomic mass is 32.2. The summed E-state index contributed by atoms with van der Waals surface area (Å²) in [5.41, 5.74) is 2.20. The Bertz CT molecular complexity index is 927. The van der Waals surface area contributed by atoms with E-state index < -0.39 is 0 Å². The molecule has 0 bridgehead atoms. The number of amides is 2. The maximum atomic E-state index is 12.4. The summed E-state index contributed by atoms with van der Waals surface area (Å²) in [5, 5.41) is 12.6. The number of aromatic amines is 1. The Labute approximate surface area is 160 Å². The van der Waals surface area contributed by atoms with E-state index in [9.17, 15) is 9.59 Å². The molecule has 8 nitrogen and oxygen atoms in total.